The van der Waals surface area contributed by atoms with Gasteiger partial charge < -0.3 is 9.47 Å². The zero-order chi connectivity index (χ0) is 13.6. The van der Waals surface area contributed by atoms with Gasteiger partial charge >= 0.3 is 0 Å². The van der Waals surface area contributed by atoms with Crippen LogP contribution < -0.4 is 0 Å². The van der Waals surface area contributed by atoms with Gasteiger partial charge in [-0.2, -0.15) is 0 Å². The molecule has 0 aromatic rings. The second kappa shape index (κ2) is 7.49. The van der Waals surface area contributed by atoms with Crippen LogP contribution in [0.2, 0.25) is 0 Å². The molecule has 0 aromatic carbocycles. The summed E-state index contributed by atoms with van der Waals surface area (Å²) in [7, 11) is 0. The second-order valence-corrected chi connectivity index (χ2v) is 7.24. The first kappa shape index (κ1) is 16.0. The van der Waals surface area contributed by atoms with E-state index in [-0.39, 0.29) is 0 Å². The zero-order valence-corrected chi connectivity index (χ0v) is 13.0. The molecule has 0 spiro atoms. The van der Waals surface area contributed by atoms with Gasteiger partial charge in [-0.25, -0.2) is 0 Å². The summed E-state index contributed by atoms with van der Waals surface area (Å²) in [6.07, 6.45) is 3.57. The molecule has 0 aromatic heterocycles. The maximum absolute atomic E-state index is 5.95. The Morgan fingerprint density at radius 2 is 1.78 bits per heavy atom. The molecule has 0 aliphatic carbocycles. The average Bonchev–Trinajstić information content (AvgIpc) is 2.28. The van der Waals surface area contributed by atoms with Crippen LogP contribution in [0.25, 0.3) is 0 Å². The second-order valence-electron chi connectivity index (χ2n) is 7.24. The van der Waals surface area contributed by atoms with Crippen molar-refractivity contribution in [2.24, 2.45) is 23.2 Å². The summed E-state index contributed by atoms with van der Waals surface area (Å²) in [4.78, 5) is 0. The van der Waals surface area contributed by atoms with Crippen molar-refractivity contribution in [2.75, 3.05) is 26.4 Å². The van der Waals surface area contributed by atoms with Crippen LogP contribution in [0.5, 0.6) is 0 Å². The van der Waals surface area contributed by atoms with Crippen LogP contribution in [0.3, 0.4) is 0 Å². The molecule has 1 unspecified atom stereocenters. The minimum absolute atomic E-state index is 0.381. The van der Waals surface area contributed by atoms with Crippen molar-refractivity contribution in [3.8, 4) is 0 Å². The molecule has 1 rings (SSSR count). The van der Waals surface area contributed by atoms with Gasteiger partial charge in [-0.3, -0.25) is 0 Å². The third-order valence-electron chi connectivity index (χ3n) is 4.03. The Kier molecular flexibility index (Phi) is 6.65. The maximum atomic E-state index is 5.95. The lowest BCUT2D eigenvalue weighted by molar-refractivity contribution is -0.00314. The highest BCUT2D eigenvalue weighted by Gasteiger charge is 2.26. The molecule has 0 radical (unpaired) electrons. The molecule has 18 heavy (non-hydrogen) atoms. The SMILES string of the molecule is CC(C)C(COCCC(C)(C)C)C1CCOCC1. The minimum atomic E-state index is 0.381. The Morgan fingerprint density at radius 1 is 1.17 bits per heavy atom. The first-order valence-electron chi connectivity index (χ1n) is 7.55. The van der Waals surface area contributed by atoms with Crippen LogP contribution >= 0.6 is 0 Å². The van der Waals surface area contributed by atoms with Gasteiger partial charge in [-0.05, 0) is 42.4 Å². The van der Waals surface area contributed by atoms with E-state index in [1.165, 1.54) is 12.8 Å². The lowest BCUT2D eigenvalue weighted by Gasteiger charge is -2.33. The third-order valence-corrected chi connectivity index (χ3v) is 4.03. The molecule has 0 saturated carbocycles. The molecule has 108 valence electrons. The molecule has 1 atom stereocenters. The van der Waals surface area contributed by atoms with E-state index in [9.17, 15) is 0 Å². The van der Waals surface area contributed by atoms with Gasteiger partial charge in [-0.1, -0.05) is 34.6 Å². The lowest BCUT2D eigenvalue weighted by atomic mass is 9.79. The summed E-state index contributed by atoms with van der Waals surface area (Å²) in [6, 6.07) is 0. The molecular formula is C16H32O2. The predicted molar refractivity (Wildman–Crippen MR) is 76.8 cm³/mol. The van der Waals surface area contributed by atoms with Gasteiger partial charge in [0.25, 0.3) is 0 Å². The summed E-state index contributed by atoms with van der Waals surface area (Å²) >= 11 is 0. The Hall–Kier alpha value is -0.0800. The molecule has 0 amide bonds. The summed E-state index contributed by atoms with van der Waals surface area (Å²) in [5.74, 6) is 2.21. The number of hydrogen-bond donors (Lipinski definition) is 0. The first-order valence-corrected chi connectivity index (χ1v) is 7.55. The summed E-state index contributed by atoms with van der Waals surface area (Å²) in [5, 5.41) is 0. The third kappa shape index (κ3) is 6.19. The Labute approximate surface area is 113 Å². The van der Waals surface area contributed by atoms with Crippen LogP contribution in [0.1, 0.15) is 53.9 Å². The van der Waals surface area contributed by atoms with Gasteiger partial charge in [0.15, 0.2) is 0 Å². The van der Waals surface area contributed by atoms with Crippen LogP contribution in [-0.4, -0.2) is 26.4 Å². The van der Waals surface area contributed by atoms with Crippen LogP contribution in [-0.2, 0) is 9.47 Å². The van der Waals surface area contributed by atoms with Gasteiger partial charge in [-0.15, -0.1) is 0 Å². The van der Waals surface area contributed by atoms with E-state index in [2.05, 4.69) is 34.6 Å². The molecule has 0 bridgehead atoms. The van der Waals surface area contributed by atoms with E-state index < -0.39 is 0 Å². The van der Waals surface area contributed by atoms with Gasteiger partial charge in [0.2, 0.25) is 0 Å². The Balaban J connectivity index is 2.29. The quantitative estimate of drug-likeness (QED) is 0.665. The predicted octanol–water partition coefficient (Wildman–Crippen LogP) is 4.14. The van der Waals surface area contributed by atoms with Gasteiger partial charge in [0, 0.05) is 26.4 Å². The van der Waals surface area contributed by atoms with E-state index in [0.29, 0.717) is 17.3 Å². The fraction of sp³-hybridized carbons (Fsp3) is 1.00. The number of hydrogen-bond acceptors (Lipinski definition) is 2. The van der Waals surface area contributed by atoms with Crippen molar-refractivity contribution in [3.05, 3.63) is 0 Å². The highest BCUT2D eigenvalue weighted by Crippen LogP contribution is 2.30. The van der Waals surface area contributed by atoms with E-state index in [4.69, 9.17) is 9.47 Å². The monoisotopic (exact) mass is 256 g/mol. The Morgan fingerprint density at radius 3 is 2.28 bits per heavy atom. The minimum Gasteiger partial charge on any atom is -0.381 e. The van der Waals surface area contributed by atoms with Crippen LogP contribution in [0, 0.1) is 23.2 Å². The largest absolute Gasteiger partial charge is 0.381 e. The molecule has 2 nitrogen and oxygen atoms in total. The molecule has 1 saturated heterocycles. The summed E-state index contributed by atoms with van der Waals surface area (Å²) in [6.45, 7) is 15.2. The smallest absolute Gasteiger partial charge is 0.0499 e. The van der Waals surface area contributed by atoms with E-state index in [1.807, 2.05) is 0 Å². The van der Waals surface area contributed by atoms with E-state index in [0.717, 1.165) is 38.8 Å². The normalized spacial score (nSPS) is 20.3. The molecule has 0 N–H and O–H groups in total. The van der Waals surface area contributed by atoms with Crippen molar-refractivity contribution in [1.29, 1.82) is 0 Å². The van der Waals surface area contributed by atoms with E-state index >= 15 is 0 Å². The summed E-state index contributed by atoms with van der Waals surface area (Å²) < 4.78 is 11.4. The van der Waals surface area contributed by atoms with E-state index in [1.54, 1.807) is 0 Å². The highest BCUT2D eigenvalue weighted by molar-refractivity contribution is 4.75. The lowest BCUT2D eigenvalue weighted by Crippen LogP contribution is -2.30. The highest BCUT2D eigenvalue weighted by atomic mass is 16.5. The van der Waals surface area contributed by atoms with Crippen molar-refractivity contribution in [3.63, 3.8) is 0 Å². The van der Waals surface area contributed by atoms with Gasteiger partial charge in [0.05, 0.1) is 0 Å². The molecule has 1 fully saturated rings. The van der Waals surface area contributed by atoms with Crippen LogP contribution in [0.15, 0.2) is 0 Å². The number of rotatable bonds is 6. The van der Waals surface area contributed by atoms with Crippen molar-refractivity contribution >= 4 is 0 Å². The Bertz CT molecular complexity index is 212. The fourth-order valence-electron chi connectivity index (χ4n) is 2.61. The van der Waals surface area contributed by atoms with Gasteiger partial charge in [0.1, 0.15) is 0 Å². The zero-order valence-electron chi connectivity index (χ0n) is 13.0. The fourth-order valence-corrected chi connectivity index (χ4v) is 2.61. The maximum Gasteiger partial charge on any atom is 0.0499 e. The van der Waals surface area contributed by atoms with Crippen molar-refractivity contribution in [1.82, 2.24) is 0 Å². The summed E-state index contributed by atoms with van der Waals surface area (Å²) in [5.41, 5.74) is 0.381. The molecule has 1 heterocycles. The van der Waals surface area contributed by atoms with Crippen molar-refractivity contribution in [2.45, 2.75) is 53.9 Å². The molecular weight excluding hydrogens is 224 g/mol. The number of ether oxygens (including phenoxy) is 2. The van der Waals surface area contributed by atoms with Crippen LogP contribution in [0.4, 0.5) is 0 Å². The standard InChI is InChI=1S/C16H32O2/c1-13(2)15(14-6-9-17-10-7-14)12-18-11-8-16(3,4)5/h13-15H,6-12H2,1-5H3. The first-order chi connectivity index (χ1) is 8.40. The molecule has 1 aliphatic heterocycles. The molecule has 1 aliphatic rings. The average molecular weight is 256 g/mol. The van der Waals surface area contributed by atoms with Crippen molar-refractivity contribution < 1.29 is 9.47 Å². The topological polar surface area (TPSA) is 18.5 Å². The molecule has 2 heteroatoms.